The van der Waals surface area contributed by atoms with Crippen LogP contribution in [0.15, 0.2) is 60.7 Å². The number of nitrogens with zero attached hydrogens (tertiary/aromatic N) is 2. The Bertz CT molecular complexity index is 1520. The summed E-state index contributed by atoms with van der Waals surface area (Å²) in [6.45, 7) is 4.30. The van der Waals surface area contributed by atoms with Crippen LogP contribution < -0.4 is 21.1 Å². The van der Waals surface area contributed by atoms with Crippen LogP contribution in [0, 0.1) is 0 Å². The molecule has 0 bridgehead atoms. The second kappa shape index (κ2) is 13.6. The molecule has 2 heterocycles. The number of nitrogens with one attached hydrogen (secondary N) is 2. The number of benzene rings is 3. The van der Waals surface area contributed by atoms with Gasteiger partial charge in [-0.15, -0.1) is 0 Å². The summed E-state index contributed by atoms with van der Waals surface area (Å²) in [5.74, 6) is 0.0777. The third kappa shape index (κ3) is 7.29. The van der Waals surface area contributed by atoms with Gasteiger partial charge in [0.1, 0.15) is 5.75 Å². The van der Waals surface area contributed by atoms with Crippen molar-refractivity contribution in [1.82, 2.24) is 9.80 Å². The molecule has 6 rings (SSSR count). The van der Waals surface area contributed by atoms with Gasteiger partial charge in [0.05, 0.1) is 5.69 Å². The van der Waals surface area contributed by atoms with Crippen LogP contribution in [0.5, 0.6) is 5.75 Å². The number of rotatable bonds is 12. The lowest BCUT2D eigenvalue weighted by Crippen LogP contribution is -2.33. The zero-order valence-corrected chi connectivity index (χ0v) is 25.1. The van der Waals surface area contributed by atoms with Crippen molar-refractivity contribution in [2.75, 3.05) is 36.9 Å². The van der Waals surface area contributed by atoms with Gasteiger partial charge in [-0.25, -0.2) is 0 Å². The second-order valence-corrected chi connectivity index (χ2v) is 12.1. The van der Waals surface area contributed by atoms with E-state index in [-0.39, 0.29) is 30.4 Å². The number of hydrogen-bond acceptors (Lipinski definition) is 6. The third-order valence-corrected chi connectivity index (χ3v) is 8.66. The van der Waals surface area contributed by atoms with Crippen LogP contribution in [0.4, 0.5) is 11.4 Å². The quantitative estimate of drug-likeness (QED) is 0.255. The number of nitrogens with two attached hydrogens (primary N) is 1. The molecule has 3 aromatic carbocycles. The van der Waals surface area contributed by atoms with E-state index in [4.69, 9.17) is 10.5 Å². The van der Waals surface area contributed by atoms with Gasteiger partial charge in [-0.05, 0) is 104 Å². The predicted octanol–water partition coefficient (Wildman–Crippen LogP) is 4.95. The Morgan fingerprint density at radius 3 is 2.55 bits per heavy atom. The molecule has 0 atom stereocenters. The molecule has 3 aliphatic rings. The lowest BCUT2D eigenvalue weighted by atomic mass is 9.98. The normalized spacial score (nSPS) is 15.9. The summed E-state index contributed by atoms with van der Waals surface area (Å²) in [4.78, 5) is 42.5. The van der Waals surface area contributed by atoms with Gasteiger partial charge >= 0.3 is 0 Å². The molecule has 0 unspecified atom stereocenters. The fourth-order valence-corrected chi connectivity index (χ4v) is 6.00. The average Bonchev–Trinajstić information content (AvgIpc) is 3.89. The maximum absolute atomic E-state index is 13.5. The van der Waals surface area contributed by atoms with Crippen molar-refractivity contribution in [1.29, 1.82) is 0 Å². The van der Waals surface area contributed by atoms with E-state index in [0.717, 1.165) is 63.1 Å². The first-order chi connectivity index (χ1) is 21.5. The van der Waals surface area contributed by atoms with E-state index in [1.807, 2.05) is 35.2 Å². The van der Waals surface area contributed by atoms with Crippen molar-refractivity contribution < 1.29 is 19.1 Å². The van der Waals surface area contributed by atoms with Crippen molar-refractivity contribution in [3.8, 4) is 5.75 Å². The van der Waals surface area contributed by atoms with Gasteiger partial charge in [0, 0.05) is 42.5 Å². The molecular weight excluding hydrogens is 554 g/mol. The van der Waals surface area contributed by atoms with E-state index in [0.29, 0.717) is 29.1 Å². The van der Waals surface area contributed by atoms with Gasteiger partial charge in [0.15, 0.2) is 6.61 Å². The molecule has 1 saturated carbocycles. The molecule has 9 heteroatoms. The van der Waals surface area contributed by atoms with Crippen molar-refractivity contribution in [2.24, 2.45) is 5.73 Å². The van der Waals surface area contributed by atoms with Gasteiger partial charge < -0.3 is 26.0 Å². The number of carbonyl (C=O) groups is 3. The molecule has 3 aromatic rings. The summed E-state index contributed by atoms with van der Waals surface area (Å²) in [6.07, 6.45) is 7.69. The highest BCUT2D eigenvalue weighted by molar-refractivity contribution is 6.04. The van der Waals surface area contributed by atoms with E-state index in [1.54, 1.807) is 18.2 Å². The van der Waals surface area contributed by atoms with E-state index in [9.17, 15) is 14.4 Å². The largest absolute Gasteiger partial charge is 0.482 e. The van der Waals surface area contributed by atoms with Crippen molar-refractivity contribution in [3.05, 3.63) is 88.5 Å². The first-order valence-electron chi connectivity index (χ1n) is 15.8. The molecule has 44 heavy (non-hydrogen) atoms. The van der Waals surface area contributed by atoms with Gasteiger partial charge in [0.25, 0.3) is 17.7 Å². The molecule has 1 aliphatic carbocycles. The zero-order valence-electron chi connectivity index (χ0n) is 25.1. The molecule has 0 aromatic heterocycles. The Hall–Kier alpha value is -4.21. The fraction of sp³-hybridized carbons (Fsp3) is 0.400. The first-order valence-corrected chi connectivity index (χ1v) is 15.8. The SMILES string of the molecule is NCCCCCCN1CCc2cc(NC(=O)c3ccc(CN(C(=O)c4ccc5c(c4)OCC(=O)N5)C4CC4)cc3)ccc2C1. The number of fused-ring (bicyclic) bond motifs is 2. The molecular formula is C35H41N5O4. The lowest BCUT2D eigenvalue weighted by Gasteiger charge is -2.29. The number of carbonyl (C=O) groups excluding carboxylic acids is 3. The summed E-state index contributed by atoms with van der Waals surface area (Å²) in [5.41, 5.74) is 11.7. The fourth-order valence-electron chi connectivity index (χ4n) is 6.00. The van der Waals surface area contributed by atoms with Crippen LogP contribution >= 0.6 is 0 Å². The first kappa shape index (κ1) is 29.8. The minimum Gasteiger partial charge on any atom is -0.482 e. The van der Waals surface area contributed by atoms with E-state index in [1.165, 1.54) is 30.4 Å². The minimum atomic E-state index is -0.205. The number of anilines is 2. The number of ether oxygens (including phenoxy) is 1. The van der Waals surface area contributed by atoms with Gasteiger partial charge in [-0.1, -0.05) is 31.0 Å². The number of hydrogen-bond donors (Lipinski definition) is 3. The molecule has 0 radical (unpaired) electrons. The van der Waals surface area contributed by atoms with Gasteiger partial charge in [0.2, 0.25) is 0 Å². The molecule has 230 valence electrons. The van der Waals surface area contributed by atoms with Crippen LogP contribution in [0.1, 0.15) is 75.9 Å². The molecule has 3 amide bonds. The standard InChI is InChI=1S/C35H41N5O4/c36-16-3-1-2-4-17-39-18-15-26-19-29(11-9-28(26)22-39)37-34(42)25-7-5-24(6-8-25)21-40(30-12-13-30)35(43)27-10-14-31-32(20-27)44-23-33(41)38-31/h5-11,14,19-20,30H,1-4,12-13,15-18,21-23,36H2,(H,37,42)(H,38,41). The summed E-state index contributed by atoms with van der Waals surface area (Å²) in [7, 11) is 0. The number of unbranched alkanes of at least 4 members (excludes halogenated alkanes) is 3. The van der Waals surface area contributed by atoms with Crippen molar-refractivity contribution in [2.45, 2.75) is 64.1 Å². The zero-order chi connectivity index (χ0) is 30.5. The monoisotopic (exact) mass is 595 g/mol. The Kier molecular flexibility index (Phi) is 9.23. The van der Waals surface area contributed by atoms with Crippen LogP contribution in [0.3, 0.4) is 0 Å². The summed E-state index contributed by atoms with van der Waals surface area (Å²) in [5, 5.41) is 5.82. The van der Waals surface area contributed by atoms with Crippen molar-refractivity contribution in [3.63, 3.8) is 0 Å². The smallest absolute Gasteiger partial charge is 0.262 e. The molecule has 9 nitrogen and oxygen atoms in total. The molecule has 2 aliphatic heterocycles. The Morgan fingerprint density at radius 2 is 1.75 bits per heavy atom. The Balaban J connectivity index is 1.04. The maximum atomic E-state index is 13.5. The highest BCUT2D eigenvalue weighted by atomic mass is 16.5. The highest BCUT2D eigenvalue weighted by Crippen LogP contribution is 2.33. The number of amides is 3. The third-order valence-electron chi connectivity index (χ3n) is 8.66. The lowest BCUT2D eigenvalue weighted by molar-refractivity contribution is -0.118. The molecule has 0 spiro atoms. The average molecular weight is 596 g/mol. The Morgan fingerprint density at radius 1 is 0.955 bits per heavy atom. The van der Waals surface area contributed by atoms with E-state index in [2.05, 4.69) is 27.7 Å². The summed E-state index contributed by atoms with van der Waals surface area (Å²) in [6, 6.07) is 19.0. The van der Waals surface area contributed by atoms with Gasteiger partial charge in [-0.3, -0.25) is 19.3 Å². The Labute approximate surface area is 258 Å². The molecule has 1 fully saturated rings. The van der Waals surface area contributed by atoms with Crippen LogP contribution in [-0.4, -0.2) is 59.8 Å². The second-order valence-electron chi connectivity index (χ2n) is 12.1. The summed E-state index contributed by atoms with van der Waals surface area (Å²) < 4.78 is 5.51. The van der Waals surface area contributed by atoms with Crippen LogP contribution in [0.25, 0.3) is 0 Å². The predicted molar refractivity (Wildman–Crippen MR) is 171 cm³/mol. The van der Waals surface area contributed by atoms with Gasteiger partial charge in [-0.2, -0.15) is 0 Å². The van der Waals surface area contributed by atoms with Crippen LogP contribution in [-0.2, 0) is 24.3 Å². The minimum absolute atomic E-state index is 0.0569. The van der Waals surface area contributed by atoms with E-state index >= 15 is 0 Å². The maximum Gasteiger partial charge on any atom is 0.262 e. The van der Waals surface area contributed by atoms with Crippen molar-refractivity contribution >= 4 is 29.1 Å². The summed E-state index contributed by atoms with van der Waals surface area (Å²) >= 11 is 0. The topological polar surface area (TPSA) is 117 Å². The van der Waals surface area contributed by atoms with Crippen LogP contribution in [0.2, 0.25) is 0 Å². The molecule has 0 saturated heterocycles. The highest BCUT2D eigenvalue weighted by Gasteiger charge is 2.33. The molecule has 4 N–H and O–H groups in total. The van der Waals surface area contributed by atoms with E-state index < -0.39 is 0 Å².